The minimum atomic E-state index is -1.42. The number of nitrogens with zero attached hydrogens (tertiary/aromatic N) is 1. The van der Waals surface area contributed by atoms with Gasteiger partial charge in [0.25, 0.3) is 0 Å². The van der Waals surface area contributed by atoms with Crippen molar-refractivity contribution in [1.82, 2.24) is 4.90 Å². The van der Waals surface area contributed by atoms with E-state index in [1.54, 1.807) is 24.3 Å². The van der Waals surface area contributed by atoms with Gasteiger partial charge >= 0.3 is 7.12 Å². The van der Waals surface area contributed by atoms with Crippen LogP contribution in [0.5, 0.6) is 5.75 Å². The minimum Gasteiger partial charge on any atom is -0.492 e. The Morgan fingerprint density at radius 3 is 2.28 bits per heavy atom. The molecule has 0 saturated carbocycles. The van der Waals surface area contributed by atoms with Crippen LogP contribution < -0.4 is 10.2 Å². The number of rotatable bonds is 7. The maximum absolute atomic E-state index is 8.96. The van der Waals surface area contributed by atoms with Gasteiger partial charge in [0, 0.05) is 12.6 Å². The third-order valence-electron chi connectivity index (χ3n) is 2.96. The average Bonchev–Trinajstić information content (AvgIpc) is 2.34. The fourth-order valence-corrected chi connectivity index (χ4v) is 1.80. The molecule has 2 N–H and O–H groups in total. The molecule has 0 saturated heterocycles. The Bertz CT molecular complexity index is 341. The molecule has 0 amide bonds. The predicted octanol–water partition coefficient (Wildman–Crippen LogP) is 0.475. The Hall–Kier alpha value is -1.04. The Morgan fingerprint density at radius 2 is 1.83 bits per heavy atom. The minimum absolute atomic E-state index is 0.472. The van der Waals surface area contributed by atoms with E-state index in [1.165, 1.54) is 0 Å². The Morgan fingerprint density at radius 1 is 1.22 bits per heavy atom. The van der Waals surface area contributed by atoms with Crippen LogP contribution in [-0.4, -0.2) is 47.8 Å². The van der Waals surface area contributed by atoms with E-state index in [-0.39, 0.29) is 0 Å². The van der Waals surface area contributed by atoms with Crippen LogP contribution in [0.1, 0.15) is 20.8 Å². The molecule has 1 aromatic carbocycles. The van der Waals surface area contributed by atoms with Gasteiger partial charge in [-0.05, 0) is 38.0 Å². The van der Waals surface area contributed by atoms with Crippen molar-refractivity contribution in [3.8, 4) is 5.75 Å². The second kappa shape index (κ2) is 7.41. The Balaban J connectivity index is 2.39. The van der Waals surface area contributed by atoms with Gasteiger partial charge in [0.2, 0.25) is 0 Å². The lowest BCUT2D eigenvalue weighted by atomic mass is 9.80. The molecule has 0 aliphatic heterocycles. The second-order valence-corrected chi connectivity index (χ2v) is 4.51. The van der Waals surface area contributed by atoms with Crippen LogP contribution in [0.3, 0.4) is 0 Å². The van der Waals surface area contributed by atoms with Crippen molar-refractivity contribution in [2.24, 2.45) is 0 Å². The first-order valence-corrected chi connectivity index (χ1v) is 6.37. The topological polar surface area (TPSA) is 52.9 Å². The van der Waals surface area contributed by atoms with Gasteiger partial charge in [-0.1, -0.05) is 19.1 Å². The standard InChI is InChI=1S/C13H22BNO3/c1-4-15(11(2)3)9-10-18-13-7-5-12(6-8-13)14(16)17/h5-8,11,16-17H,4,9-10H2,1-3H3. The lowest BCUT2D eigenvalue weighted by molar-refractivity contribution is 0.183. The van der Waals surface area contributed by atoms with Crippen LogP contribution in [0, 0.1) is 0 Å². The lowest BCUT2D eigenvalue weighted by Crippen LogP contribution is -2.34. The van der Waals surface area contributed by atoms with E-state index in [1.807, 2.05) is 0 Å². The van der Waals surface area contributed by atoms with Gasteiger partial charge in [0.05, 0.1) is 0 Å². The summed E-state index contributed by atoms with van der Waals surface area (Å²) in [7, 11) is -1.42. The summed E-state index contributed by atoms with van der Waals surface area (Å²) in [5, 5.41) is 17.9. The molecule has 0 heterocycles. The van der Waals surface area contributed by atoms with Crippen molar-refractivity contribution in [1.29, 1.82) is 0 Å². The molecule has 0 aliphatic rings. The third kappa shape index (κ3) is 4.68. The fourth-order valence-electron chi connectivity index (χ4n) is 1.80. The summed E-state index contributed by atoms with van der Waals surface area (Å²) in [4.78, 5) is 2.33. The van der Waals surface area contributed by atoms with E-state index in [2.05, 4.69) is 25.7 Å². The first-order chi connectivity index (χ1) is 8.54. The molecule has 100 valence electrons. The van der Waals surface area contributed by atoms with Gasteiger partial charge in [-0.15, -0.1) is 0 Å². The van der Waals surface area contributed by atoms with Crippen molar-refractivity contribution in [2.45, 2.75) is 26.8 Å². The smallest absolute Gasteiger partial charge is 0.488 e. The van der Waals surface area contributed by atoms with Crippen LogP contribution in [0.15, 0.2) is 24.3 Å². The summed E-state index contributed by atoms with van der Waals surface area (Å²) >= 11 is 0. The molecule has 1 aromatic rings. The summed E-state index contributed by atoms with van der Waals surface area (Å²) in [6.07, 6.45) is 0. The zero-order chi connectivity index (χ0) is 13.5. The number of hydrogen-bond acceptors (Lipinski definition) is 4. The van der Waals surface area contributed by atoms with Gasteiger partial charge < -0.3 is 14.8 Å². The number of ether oxygens (including phenoxy) is 1. The first kappa shape index (κ1) is 15.0. The molecule has 4 nitrogen and oxygen atoms in total. The lowest BCUT2D eigenvalue weighted by Gasteiger charge is -2.24. The molecule has 18 heavy (non-hydrogen) atoms. The van der Waals surface area contributed by atoms with E-state index < -0.39 is 7.12 Å². The highest BCUT2D eigenvalue weighted by atomic mass is 16.5. The van der Waals surface area contributed by atoms with Crippen molar-refractivity contribution in [3.05, 3.63) is 24.3 Å². The molecular weight excluding hydrogens is 229 g/mol. The molecule has 0 unspecified atom stereocenters. The molecule has 0 bridgehead atoms. The van der Waals surface area contributed by atoms with Crippen LogP contribution >= 0.6 is 0 Å². The van der Waals surface area contributed by atoms with E-state index in [0.29, 0.717) is 18.1 Å². The molecule has 5 heteroatoms. The normalized spacial score (nSPS) is 11.1. The summed E-state index contributed by atoms with van der Waals surface area (Å²) in [6, 6.07) is 7.33. The zero-order valence-corrected chi connectivity index (χ0v) is 11.3. The molecule has 1 rings (SSSR count). The number of likely N-dealkylation sites (N-methyl/N-ethyl adjacent to an activating group) is 1. The molecule has 0 aromatic heterocycles. The molecular formula is C13H22BNO3. The van der Waals surface area contributed by atoms with Gasteiger partial charge in [-0.2, -0.15) is 0 Å². The van der Waals surface area contributed by atoms with Gasteiger partial charge in [-0.25, -0.2) is 0 Å². The molecule has 0 spiro atoms. The highest BCUT2D eigenvalue weighted by Crippen LogP contribution is 2.08. The maximum atomic E-state index is 8.96. The van der Waals surface area contributed by atoms with Crippen LogP contribution in [-0.2, 0) is 0 Å². The highest BCUT2D eigenvalue weighted by Gasteiger charge is 2.10. The Labute approximate surface area is 109 Å². The predicted molar refractivity (Wildman–Crippen MR) is 74.1 cm³/mol. The summed E-state index contributed by atoms with van der Waals surface area (Å²) in [6.45, 7) is 9.00. The quantitative estimate of drug-likeness (QED) is 0.692. The molecule has 0 atom stereocenters. The van der Waals surface area contributed by atoms with Crippen molar-refractivity contribution in [3.63, 3.8) is 0 Å². The van der Waals surface area contributed by atoms with E-state index in [4.69, 9.17) is 14.8 Å². The first-order valence-electron chi connectivity index (χ1n) is 6.37. The molecule has 0 aliphatic carbocycles. The number of benzene rings is 1. The van der Waals surface area contributed by atoms with E-state index >= 15 is 0 Å². The maximum Gasteiger partial charge on any atom is 0.488 e. The Kier molecular flexibility index (Phi) is 6.19. The molecule has 0 radical (unpaired) electrons. The van der Waals surface area contributed by atoms with Crippen LogP contribution in [0.4, 0.5) is 0 Å². The summed E-state index contributed by atoms with van der Waals surface area (Å²) in [5.74, 6) is 0.749. The van der Waals surface area contributed by atoms with Gasteiger partial charge in [0.1, 0.15) is 12.4 Å². The number of hydrogen-bond donors (Lipinski definition) is 2. The zero-order valence-electron chi connectivity index (χ0n) is 11.3. The highest BCUT2D eigenvalue weighted by molar-refractivity contribution is 6.58. The third-order valence-corrected chi connectivity index (χ3v) is 2.96. The van der Waals surface area contributed by atoms with Gasteiger partial charge in [0.15, 0.2) is 0 Å². The summed E-state index contributed by atoms with van der Waals surface area (Å²) in [5.41, 5.74) is 0.472. The van der Waals surface area contributed by atoms with Crippen LogP contribution in [0.25, 0.3) is 0 Å². The van der Waals surface area contributed by atoms with Crippen molar-refractivity contribution < 1.29 is 14.8 Å². The van der Waals surface area contributed by atoms with Crippen molar-refractivity contribution in [2.75, 3.05) is 19.7 Å². The fraction of sp³-hybridized carbons (Fsp3) is 0.538. The second-order valence-electron chi connectivity index (χ2n) is 4.51. The molecule has 0 fully saturated rings. The van der Waals surface area contributed by atoms with Gasteiger partial charge in [-0.3, -0.25) is 4.90 Å². The summed E-state index contributed by atoms with van der Waals surface area (Å²) < 4.78 is 5.62. The average molecular weight is 251 g/mol. The monoisotopic (exact) mass is 251 g/mol. The van der Waals surface area contributed by atoms with E-state index in [0.717, 1.165) is 18.8 Å². The van der Waals surface area contributed by atoms with Crippen molar-refractivity contribution >= 4 is 12.6 Å². The van der Waals surface area contributed by atoms with Crippen LogP contribution in [0.2, 0.25) is 0 Å². The largest absolute Gasteiger partial charge is 0.492 e. The van der Waals surface area contributed by atoms with E-state index in [9.17, 15) is 0 Å². The SMILES string of the molecule is CCN(CCOc1ccc(B(O)O)cc1)C(C)C.